The van der Waals surface area contributed by atoms with E-state index in [1.54, 1.807) is 80.6 Å². The highest BCUT2D eigenvalue weighted by molar-refractivity contribution is 6.30. The van der Waals surface area contributed by atoms with E-state index < -0.39 is 41.8 Å². The van der Waals surface area contributed by atoms with Gasteiger partial charge in [-0.1, -0.05) is 85.4 Å². The van der Waals surface area contributed by atoms with Crippen molar-refractivity contribution in [3.05, 3.63) is 155 Å². The molecule has 14 nitrogen and oxygen atoms in total. The van der Waals surface area contributed by atoms with Gasteiger partial charge in [0.1, 0.15) is 45.4 Å². The fourth-order valence-corrected chi connectivity index (χ4v) is 4.03. The van der Waals surface area contributed by atoms with Gasteiger partial charge in [0.25, 0.3) is 0 Å². The lowest BCUT2D eigenvalue weighted by Crippen LogP contribution is -2.12. The molecule has 0 atom stereocenters. The third-order valence-electron chi connectivity index (χ3n) is 7.05. The highest BCUT2D eigenvalue weighted by Crippen LogP contribution is 2.14. The largest absolute Gasteiger partial charge is 0.459 e. The zero-order chi connectivity index (χ0) is 47.2. The predicted molar refractivity (Wildman–Crippen MR) is 238 cm³/mol. The summed E-state index contributed by atoms with van der Waals surface area (Å²) in [5.41, 5.74) is 4.56. The Morgan fingerprint density at radius 3 is 1.05 bits per heavy atom. The fraction of sp³-hybridized carbons (Fsp3) is 0.229. The maximum absolute atomic E-state index is 11.5. The van der Waals surface area contributed by atoms with Crippen LogP contribution in [0.25, 0.3) is 18.2 Å². The molecule has 0 amide bonds. The fourth-order valence-electron chi connectivity index (χ4n) is 3.90. The maximum atomic E-state index is 11.5. The van der Waals surface area contributed by atoms with Crippen molar-refractivity contribution in [2.24, 2.45) is 0 Å². The molecule has 0 fully saturated rings. The summed E-state index contributed by atoms with van der Waals surface area (Å²) in [6.07, 6.45) is 8.72. The highest BCUT2D eigenvalue weighted by Gasteiger charge is 2.06. The second kappa shape index (κ2) is 30.7. The van der Waals surface area contributed by atoms with Gasteiger partial charge in [-0.25, -0.2) is 28.8 Å². The Labute approximate surface area is 372 Å². The number of carbonyl (C=O) groups is 7. The van der Waals surface area contributed by atoms with Crippen molar-refractivity contribution in [2.75, 3.05) is 39.6 Å². The van der Waals surface area contributed by atoms with E-state index in [4.69, 9.17) is 44.8 Å². The first-order chi connectivity index (χ1) is 29.9. The zero-order valence-corrected chi connectivity index (χ0v) is 36.6. The first kappa shape index (κ1) is 53.7. The van der Waals surface area contributed by atoms with E-state index in [1.807, 2.05) is 31.2 Å². The molecular formula is C48H51ClO14. The van der Waals surface area contributed by atoms with Crippen LogP contribution in [-0.4, -0.2) is 81.4 Å². The van der Waals surface area contributed by atoms with Crippen molar-refractivity contribution >= 4 is 71.6 Å². The minimum atomic E-state index is -0.555. The monoisotopic (exact) mass is 886 g/mol. The molecule has 63 heavy (non-hydrogen) atoms. The van der Waals surface area contributed by atoms with Gasteiger partial charge >= 0.3 is 41.8 Å². The van der Waals surface area contributed by atoms with Gasteiger partial charge in [0.05, 0.1) is 0 Å². The van der Waals surface area contributed by atoms with Gasteiger partial charge < -0.3 is 33.2 Å². The van der Waals surface area contributed by atoms with Crippen LogP contribution in [0.5, 0.6) is 5.75 Å². The molecule has 15 heteroatoms. The molecule has 0 aliphatic rings. The highest BCUT2D eigenvalue weighted by atomic mass is 35.5. The molecule has 0 saturated carbocycles. The summed E-state index contributed by atoms with van der Waals surface area (Å²) >= 11 is 5.74. The molecule has 3 aromatic carbocycles. The van der Waals surface area contributed by atoms with Gasteiger partial charge in [0.2, 0.25) is 0 Å². The Bertz CT molecular complexity index is 2030. The molecule has 0 aliphatic heterocycles. The van der Waals surface area contributed by atoms with Crippen molar-refractivity contribution < 1.29 is 66.7 Å². The molecule has 0 N–H and O–H groups in total. The predicted octanol–water partition coefficient (Wildman–Crippen LogP) is 7.97. The first-order valence-electron chi connectivity index (χ1n) is 19.0. The van der Waals surface area contributed by atoms with Crippen LogP contribution in [0.2, 0.25) is 5.02 Å². The summed E-state index contributed by atoms with van der Waals surface area (Å²) in [6, 6.07) is 21.4. The van der Waals surface area contributed by atoms with Crippen molar-refractivity contribution in [3.8, 4) is 5.75 Å². The van der Waals surface area contributed by atoms with Gasteiger partial charge in [-0.05, 0) is 86.9 Å². The Morgan fingerprint density at radius 2 is 0.746 bits per heavy atom. The van der Waals surface area contributed by atoms with E-state index >= 15 is 0 Å². The molecule has 0 aromatic heterocycles. The molecule has 0 saturated heterocycles. The average Bonchev–Trinajstić information content (AvgIpc) is 3.24. The number of hydrogen-bond acceptors (Lipinski definition) is 14. The molecule has 334 valence electrons. The van der Waals surface area contributed by atoms with E-state index in [2.05, 4.69) is 19.7 Å². The topological polar surface area (TPSA) is 184 Å². The lowest BCUT2D eigenvalue weighted by atomic mass is 10.1. The number of esters is 7. The summed E-state index contributed by atoms with van der Waals surface area (Å²) in [4.78, 5) is 78.2. The smallest absolute Gasteiger partial charge is 0.333 e. The minimum absolute atomic E-state index is 0.00279. The van der Waals surface area contributed by atoms with Crippen LogP contribution in [0.1, 0.15) is 49.9 Å². The maximum Gasteiger partial charge on any atom is 0.333 e. The molecule has 0 bridgehead atoms. The normalized spacial score (nSPS) is 10.3. The summed E-state index contributed by atoms with van der Waals surface area (Å²) < 4.78 is 33.9. The summed E-state index contributed by atoms with van der Waals surface area (Å²) in [5.74, 6) is -3.03. The van der Waals surface area contributed by atoms with Crippen LogP contribution in [0.3, 0.4) is 0 Å². The molecular weight excluding hydrogens is 836 g/mol. The number of aryl methyl sites for hydroxylation is 1. The average molecular weight is 887 g/mol. The third-order valence-corrected chi connectivity index (χ3v) is 7.30. The molecule has 0 spiro atoms. The van der Waals surface area contributed by atoms with E-state index in [-0.39, 0.29) is 45.2 Å². The van der Waals surface area contributed by atoms with Gasteiger partial charge in [-0.3, -0.25) is 4.79 Å². The second-order valence-corrected chi connectivity index (χ2v) is 13.3. The van der Waals surface area contributed by atoms with Gasteiger partial charge in [0.15, 0.2) is 0 Å². The van der Waals surface area contributed by atoms with Crippen LogP contribution in [0, 0.1) is 6.92 Å². The Morgan fingerprint density at radius 1 is 0.460 bits per heavy atom. The molecule has 0 radical (unpaired) electrons. The molecule has 3 rings (SSSR count). The van der Waals surface area contributed by atoms with Gasteiger partial charge in [-0.15, -0.1) is 0 Å². The van der Waals surface area contributed by atoms with Crippen LogP contribution in [0.4, 0.5) is 0 Å². The number of carbonyl (C=O) groups excluding carboxylic acids is 7. The lowest BCUT2D eigenvalue weighted by Gasteiger charge is -2.04. The van der Waals surface area contributed by atoms with Crippen molar-refractivity contribution in [2.45, 2.75) is 34.6 Å². The molecule has 0 aliphatic carbocycles. The zero-order valence-electron chi connectivity index (χ0n) is 35.8. The minimum Gasteiger partial charge on any atom is -0.459 e. The molecule has 0 unspecified atom stereocenters. The number of halogens is 1. The lowest BCUT2D eigenvalue weighted by molar-refractivity contribution is -0.146. The number of ether oxygens (including phenoxy) is 7. The second-order valence-electron chi connectivity index (χ2n) is 12.9. The summed E-state index contributed by atoms with van der Waals surface area (Å²) in [6.45, 7) is 18.3. The van der Waals surface area contributed by atoms with E-state index in [0.717, 1.165) is 22.3 Å². The van der Waals surface area contributed by atoms with E-state index in [1.165, 1.54) is 32.1 Å². The Kier molecular flexibility index (Phi) is 26.1. The van der Waals surface area contributed by atoms with Crippen molar-refractivity contribution in [1.82, 2.24) is 0 Å². The van der Waals surface area contributed by atoms with Crippen molar-refractivity contribution in [1.29, 1.82) is 0 Å². The van der Waals surface area contributed by atoms with Gasteiger partial charge in [0, 0.05) is 46.9 Å². The van der Waals surface area contributed by atoms with Crippen LogP contribution < -0.4 is 4.74 Å². The SMILES string of the molecule is C=C(C)C(=O)OCCOC(=O)/C=C/c1ccc(C)cc1.C=C(C)C(=O)OCCOC(=O)/C=C/c1ccc(Cl)cc1.C=C(C)C(=O)OCCOC(=O)/C=C/c1ccc(OC(C)=O)cc1. The first-order valence-corrected chi connectivity index (χ1v) is 19.4. The summed E-state index contributed by atoms with van der Waals surface area (Å²) in [5, 5.41) is 0.629. The van der Waals surface area contributed by atoms with Crippen LogP contribution in [0.15, 0.2) is 127 Å². The number of benzene rings is 3. The Balaban J connectivity index is 0.000000474. The van der Waals surface area contributed by atoms with Crippen molar-refractivity contribution in [3.63, 3.8) is 0 Å². The van der Waals surface area contributed by atoms with E-state index in [9.17, 15) is 33.6 Å². The quantitative estimate of drug-likeness (QED) is 0.0371. The third kappa shape index (κ3) is 27.2. The molecule has 3 aromatic rings. The standard InChI is InChI=1S/C17H18O6.C16H18O4.C15H15ClO4/c1-12(2)17(20)22-11-10-21-16(19)9-6-14-4-7-15(8-5-14)23-13(3)18;1-12(2)16(18)20-11-10-19-15(17)9-8-14-6-4-13(3)5-7-14;1-11(2)15(18)20-10-9-19-14(17)8-5-12-3-6-13(16)7-4-12/h4-9H,1,10-11H2,2-3H3;4-9H,1,10-11H2,2-3H3;3-8H,1,9-10H2,2H3/b9-6+;9-8+;8-5+. The van der Waals surface area contributed by atoms with Crippen LogP contribution >= 0.6 is 11.6 Å². The Hall–Kier alpha value is -7.32. The number of hydrogen-bond donors (Lipinski definition) is 0. The van der Waals surface area contributed by atoms with Gasteiger partial charge in [-0.2, -0.15) is 0 Å². The molecule has 0 heterocycles. The van der Waals surface area contributed by atoms with E-state index in [0.29, 0.717) is 21.9 Å². The number of rotatable bonds is 19. The van der Waals surface area contributed by atoms with Crippen LogP contribution in [-0.2, 0) is 62.0 Å². The summed E-state index contributed by atoms with van der Waals surface area (Å²) in [7, 11) is 0.